The van der Waals surface area contributed by atoms with Gasteiger partial charge in [0.05, 0.1) is 17.3 Å². The van der Waals surface area contributed by atoms with E-state index in [1.165, 1.54) is 37.4 Å². The number of carbonyl (C=O) groups excluding carboxylic acids is 1. The molecule has 1 N–H and O–H groups in total. The molecule has 1 unspecified atom stereocenters. The minimum Gasteiger partial charge on any atom is -0.335 e. The molecule has 2 saturated carbocycles. The Kier molecular flexibility index (Phi) is 6.30. The Morgan fingerprint density at radius 1 is 1.07 bits per heavy atom. The SMILES string of the molecule is O=C(CSc1n[nH]c(CC2CCCC2)n1)N(C1CCCC1)C1CCS(=O)(=O)C1. The molecule has 3 aliphatic rings. The van der Waals surface area contributed by atoms with Gasteiger partial charge in [-0.05, 0) is 25.2 Å². The van der Waals surface area contributed by atoms with Crippen LogP contribution in [0.4, 0.5) is 0 Å². The van der Waals surface area contributed by atoms with Gasteiger partial charge in [-0.2, -0.15) is 0 Å². The third-order valence-electron chi connectivity index (χ3n) is 6.40. The van der Waals surface area contributed by atoms with Crippen LogP contribution in [0.15, 0.2) is 5.16 Å². The van der Waals surface area contributed by atoms with Gasteiger partial charge in [-0.15, -0.1) is 5.10 Å². The molecule has 1 atom stereocenters. The maximum absolute atomic E-state index is 13.0. The number of carbonyl (C=O) groups is 1. The van der Waals surface area contributed by atoms with Crippen LogP contribution in [-0.4, -0.2) is 63.7 Å². The normalized spacial score (nSPS) is 25.5. The molecule has 1 aliphatic heterocycles. The minimum atomic E-state index is -3.01. The van der Waals surface area contributed by atoms with Crippen LogP contribution >= 0.6 is 11.8 Å². The molecule has 28 heavy (non-hydrogen) atoms. The van der Waals surface area contributed by atoms with Gasteiger partial charge in [0, 0.05) is 18.5 Å². The van der Waals surface area contributed by atoms with Crippen LogP contribution in [0.5, 0.6) is 0 Å². The quantitative estimate of drug-likeness (QED) is 0.673. The van der Waals surface area contributed by atoms with Crippen molar-refractivity contribution in [2.45, 2.75) is 81.4 Å². The summed E-state index contributed by atoms with van der Waals surface area (Å²) in [7, 11) is -3.01. The molecule has 156 valence electrons. The summed E-state index contributed by atoms with van der Waals surface area (Å²) in [5.74, 6) is 2.24. The van der Waals surface area contributed by atoms with Crippen LogP contribution in [0.25, 0.3) is 0 Å². The number of sulfone groups is 1. The Morgan fingerprint density at radius 3 is 2.46 bits per heavy atom. The molecule has 1 saturated heterocycles. The highest BCUT2D eigenvalue weighted by Crippen LogP contribution is 2.31. The number of nitrogens with zero attached hydrogens (tertiary/aromatic N) is 3. The van der Waals surface area contributed by atoms with Gasteiger partial charge >= 0.3 is 0 Å². The van der Waals surface area contributed by atoms with Crippen LogP contribution in [-0.2, 0) is 21.1 Å². The first-order chi connectivity index (χ1) is 13.5. The molecule has 1 aromatic rings. The minimum absolute atomic E-state index is 0.0288. The largest absolute Gasteiger partial charge is 0.335 e. The van der Waals surface area contributed by atoms with E-state index in [-0.39, 0.29) is 35.2 Å². The van der Waals surface area contributed by atoms with Crippen LogP contribution < -0.4 is 0 Å². The fraction of sp³-hybridized carbons (Fsp3) is 0.842. The third kappa shape index (κ3) is 4.90. The standard InChI is InChI=1S/C19H30N4O3S2/c24-18(12-27-19-20-17(21-22-19)11-14-5-1-2-6-14)23(15-7-3-4-8-15)16-9-10-28(25,26)13-16/h14-16H,1-13H2,(H,20,21,22). The van der Waals surface area contributed by atoms with Crippen molar-refractivity contribution >= 4 is 27.5 Å². The van der Waals surface area contributed by atoms with Gasteiger partial charge in [-0.25, -0.2) is 13.4 Å². The van der Waals surface area contributed by atoms with Crippen LogP contribution in [0.2, 0.25) is 0 Å². The van der Waals surface area contributed by atoms with E-state index in [0.29, 0.717) is 17.5 Å². The van der Waals surface area contributed by atoms with Crippen LogP contribution in [0.3, 0.4) is 0 Å². The summed E-state index contributed by atoms with van der Waals surface area (Å²) in [6.07, 6.45) is 10.9. The second kappa shape index (κ2) is 8.73. The van der Waals surface area contributed by atoms with E-state index in [4.69, 9.17) is 0 Å². The van der Waals surface area contributed by atoms with Gasteiger partial charge in [0.15, 0.2) is 9.84 Å². The second-order valence-corrected chi connectivity index (χ2v) is 11.7. The maximum atomic E-state index is 13.0. The zero-order valence-electron chi connectivity index (χ0n) is 16.3. The van der Waals surface area contributed by atoms with Crippen LogP contribution in [0, 0.1) is 5.92 Å². The number of thioether (sulfide) groups is 1. The summed E-state index contributed by atoms with van der Waals surface area (Å²) >= 11 is 1.36. The first kappa shape index (κ1) is 20.2. The highest BCUT2D eigenvalue weighted by atomic mass is 32.2. The maximum Gasteiger partial charge on any atom is 0.233 e. The number of rotatable bonds is 7. The first-order valence-electron chi connectivity index (χ1n) is 10.6. The number of H-pyrrole nitrogens is 1. The zero-order valence-corrected chi connectivity index (χ0v) is 17.9. The van der Waals surface area contributed by atoms with Crippen molar-refractivity contribution in [1.82, 2.24) is 20.1 Å². The molecule has 7 nitrogen and oxygen atoms in total. The molecule has 4 rings (SSSR count). The Balaban J connectivity index is 1.35. The van der Waals surface area contributed by atoms with E-state index >= 15 is 0 Å². The highest BCUT2D eigenvalue weighted by Gasteiger charge is 2.38. The van der Waals surface area contributed by atoms with Crippen molar-refractivity contribution in [2.75, 3.05) is 17.3 Å². The summed E-state index contributed by atoms with van der Waals surface area (Å²) in [4.78, 5) is 19.5. The Hall–Kier alpha value is -1.09. The van der Waals surface area contributed by atoms with Crippen LogP contribution in [0.1, 0.15) is 63.6 Å². The molecule has 0 spiro atoms. The highest BCUT2D eigenvalue weighted by molar-refractivity contribution is 7.99. The Bertz CT molecular complexity index is 783. The molecule has 9 heteroatoms. The first-order valence-corrected chi connectivity index (χ1v) is 13.4. The summed E-state index contributed by atoms with van der Waals surface area (Å²) in [5, 5.41) is 7.91. The number of hydrogen-bond acceptors (Lipinski definition) is 6. The molecule has 2 heterocycles. The van der Waals surface area contributed by atoms with Gasteiger partial charge in [0.25, 0.3) is 0 Å². The topological polar surface area (TPSA) is 96.0 Å². The molecule has 2 aliphatic carbocycles. The average molecular weight is 427 g/mol. The van der Waals surface area contributed by atoms with Crippen molar-refractivity contribution in [3.8, 4) is 0 Å². The Morgan fingerprint density at radius 2 is 1.79 bits per heavy atom. The van der Waals surface area contributed by atoms with Crippen molar-refractivity contribution in [3.05, 3.63) is 5.82 Å². The van der Waals surface area contributed by atoms with Gasteiger partial charge in [-0.1, -0.05) is 50.3 Å². The fourth-order valence-corrected chi connectivity index (χ4v) is 7.40. The van der Waals surface area contributed by atoms with Gasteiger partial charge in [0.2, 0.25) is 11.1 Å². The van der Waals surface area contributed by atoms with E-state index in [0.717, 1.165) is 37.9 Å². The predicted octanol–water partition coefficient (Wildman–Crippen LogP) is 2.59. The number of aromatic amines is 1. The summed E-state index contributed by atoms with van der Waals surface area (Å²) in [5.41, 5.74) is 0. The fourth-order valence-electron chi connectivity index (χ4n) is 5.01. The van der Waals surface area contributed by atoms with E-state index in [1.807, 2.05) is 4.90 Å². The van der Waals surface area contributed by atoms with Gasteiger partial charge < -0.3 is 4.90 Å². The van der Waals surface area contributed by atoms with Crippen molar-refractivity contribution in [3.63, 3.8) is 0 Å². The van der Waals surface area contributed by atoms with Gasteiger partial charge in [0.1, 0.15) is 5.82 Å². The summed E-state index contributed by atoms with van der Waals surface area (Å²) in [6.45, 7) is 0. The zero-order chi connectivity index (χ0) is 19.6. The lowest BCUT2D eigenvalue weighted by Gasteiger charge is -2.34. The average Bonchev–Trinajstić information content (AvgIpc) is 3.43. The third-order valence-corrected chi connectivity index (χ3v) is 8.98. The van der Waals surface area contributed by atoms with E-state index in [1.54, 1.807) is 0 Å². The predicted molar refractivity (Wildman–Crippen MR) is 109 cm³/mol. The molecular formula is C19H30N4O3S2. The molecule has 1 amide bonds. The number of hydrogen-bond donors (Lipinski definition) is 1. The molecule has 0 aromatic carbocycles. The smallest absolute Gasteiger partial charge is 0.233 e. The molecule has 3 fully saturated rings. The summed E-state index contributed by atoms with van der Waals surface area (Å²) in [6, 6.07) is 0.0303. The van der Waals surface area contributed by atoms with Gasteiger partial charge in [-0.3, -0.25) is 9.89 Å². The van der Waals surface area contributed by atoms with E-state index < -0.39 is 9.84 Å². The lowest BCUT2D eigenvalue weighted by Crippen LogP contribution is -2.47. The number of aromatic nitrogens is 3. The lowest BCUT2D eigenvalue weighted by molar-refractivity contribution is -0.132. The monoisotopic (exact) mass is 426 g/mol. The van der Waals surface area contributed by atoms with E-state index in [2.05, 4.69) is 15.2 Å². The van der Waals surface area contributed by atoms with Crippen molar-refractivity contribution in [2.24, 2.45) is 5.92 Å². The number of nitrogens with one attached hydrogen (secondary N) is 1. The van der Waals surface area contributed by atoms with E-state index in [9.17, 15) is 13.2 Å². The van der Waals surface area contributed by atoms with Crippen molar-refractivity contribution in [1.29, 1.82) is 0 Å². The van der Waals surface area contributed by atoms with Crippen molar-refractivity contribution < 1.29 is 13.2 Å². The molecular weight excluding hydrogens is 396 g/mol. The summed E-state index contributed by atoms with van der Waals surface area (Å²) < 4.78 is 23.9. The lowest BCUT2D eigenvalue weighted by atomic mass is 10.0. The molecule has 1 aromatic heterocycles. The molecule has 0 radical (unpaired) electrons. The molecule has 0 bridgehead atoms. The Labute approximate surface area is 171 Å². The second-order valence-electron chi connectivity index (χ2n) is 8.50. The number of amides is 1.